The minimum absolute atomic E-state index is 0.527. The van der Waals surface area contributed by atoms with Gasteiger partial charge in [-0.15, -0.1) is 0 Å². The maximum atomic E-state index is 5.48. The Morgan fingerprint density at radius 3 is 2.38 bits per heavy atom. The number of benzene rings is 1. The van der Waals surface area contributed by atoms with Crippen molar-refractivity contribution >= 4 is 0 Å². The second kappa shape index (κ2) is 5.90. The summed E-state index contributed by atoms with van der Waals surface area (Å²) in [6.45, 7) is 7.50. The van der Waals surface area contributed by atoms with Crippen LogP contribution in [0.15, 0.2) is 12.1 Å². The molecule has 0 radical (unpaired) electrons. The fourth-order valence-corrected chi connectivity index (χ4v) is 2.03. The van der Waals surface area contributed by atoms with Crippen molar-refractivity contribution in [2.75, 3.05) is 20.7 Å². The molecule has 1 rings (SSSR count). The molecule has 2 nitrogen and oxygen atoms in total. The average Bonchev–Trinajstić information content (AvgIpc) is 2.29. The summed E-state index contributed by atoms with van der Waals surface area (Å²) in [6, 6.07) is 4.41. The van der Waals surface area contributed by atoms with Crippen molar-refractivity contribution in [2.45, 2.75) is 33.1 Å². The third-order valence-electron chi connectivity index (χ3n) is 3.23. The fourth-order valence-electron chi connectivity index (χ4n) is 2.03. The lowest BCUT2D eigenvalue weighted by Crippen LogP contribution is -2.17. The van der Waals surface area contributed by atoms with Gasteiger partial charge in [-0.25, -0.2) is 0 Å². The van der Waals surface area contributed by atoms with Crippen LogP contribution in [0.5, 0.6) is 5.75 Å². The molecule has 0 heterocycles. The highest BCUT2D eigenvalue weighted by molar-refractivity contribution is 5.43. The van der Waals surface area contributed by atoms with Crippen LogP contribution in [0.2, 0.25) is 0 Å². The van der Waals surface area contributed by atoms with E-state index in [1.165, 1.54) is 16.7 Å². The van der Waals surface area contributed by atoms with Crippen LogP contribution in [0.25, 0.3) is 0 Å². The summed E-state index contributed by atoms with van der Waals surface area (Å²) in [5, 5.41) is 3.25. The van der Waals surface area contributed by atoms with Gasteiger partial charge in [0.25, 0.3) is 0 Å². The third-order valence-corrected chi connectivity index (χ3v) is 3.23. The number of nitrogens with one attached hydrogen (secondary N) is 1. The maximum absolute atomic E-state index is 5.48. The van der Waals surface area contributed by atoms with Crippen molar-refractivity contribution in [1.82, 2.24) is 5.32 Å². The molecule has 1 atom stereocenters. The minimum Gasteiger partial charge on any atom is -0.496 e. The van der Waals surface area contributed by atoms with Gasteiger partial charge in [-0.1, -0.05) is 13.0 Å². The van der Waals surface area contributed by atoms with Gasteiger partial charge in [-0.2, -0.15) is 0 Å². The Kier molecular flexibility index (Phi) is 4.81. The van der Waals surface area contributed by atoms with Crippen LogP contribution < -0.4 is 10.1 Å². The molecule has 1 aromatic carbocycles. The van der Waals surface area contributed by atoms with Gasteiger partial charge in [-0.05, 0) is 56.0 Å². The molecule has 2 heteroatoms. The molecule has 16 heavy (non-hydrogen) atoms. The van der Waals surface area contributed by atoms with Crippen LogP contribution in [0.4, 0.5) is 0 Å². The van der Waals surface area contributed by atoms with Gasteiger partial charge in [0, 0.05) is 6.54 Å². The standard InChI is InChI=1S/C14H23NO/c1-6-12(9-15-4)13-7-10(2)11(3)8-14(13)16-5/h7-8,12,15H,6,9H2,1-5H3. The number of hydrogen-bond acceptors (Lipinski definition) is 2. The van der Waals surface area contributed by atoms with E-state index in [9.17, 15) is 0 Å². The molecular weight excluding hydrogens is 198 g/mol. The third kappa shape index (κ3) is 2.76. The number of hydrogen-bond donors (Lipinski definition) is 1. The molecule has 1 N–H and O–H groups in total. The monoisotopic (exact) mass is 221 g/mol. The lowest BCUT2D eigenvalue weighted by molar-refractivity contribution is 0.403. The highest BCUT2D eigenvalue weighted by Gasteiger charge is 2.14. The van der Waals surface area contributed by atoms with Crippen LogP contribution >= 0.6 is 0 Å². The zero-order valence-corrected chi connectivity index (χ0v) is 11.1. The zero-order valence-electron chi connectivity index (χ0n) is 11.1. The average molecular weight is 221 g/mol. The number of aryl methyl sites for hydroxylation is 2. The lowest BCUT2D eigenvalue weighted by Gasteiger charge is -2.19. The molecule has 0 aliphatic rings. The first-order valence-electron chi connectivity index (χ1n) is 5.93. The summed E-state index contributed by atoms with van der Waals surface area (Å²) < 4.78 is 5.48. The normalized spacial score (nSPS) is 12.6. The van der Waals surface area contributed by atoms with Crippen molar-refractivity contribution in [2.24, 2.45) is 0 Å². The molecule has 0 saturated carbocycles. The fraction of sp³-hybridized carbons (Fsp3) is 0.571. The summed E-state index contributed by atoms with van der Waals surface area (Å²) in [4.78, 5) is 0. The number of methoxy groups -OCH3 is 1. The first kappa shape index (κ1) is 13.0. The van der Waals surface area contributed by atoms with Crippen molar-refractivity contribution in [1.29, 1.82) is 0 Å². The van der Waals surface area contributed by atoms with Gasteiger partial charge >= 0.3 is 0 Å². The Morgan fingerprint density at radius 1 is 1.25 bits per heavy atom. The largest absolute Gasteiger partial charge is 0.496 e. The molecule has 0 spiro atoms. The zero-order chi connectivity index (χ0) is 12.1. The molecule has 0 aromatic heterocycles. The molecule has 0 bridgehead atoms. The van der Waals surface area contributed by atoms with Crippen molar-refractivity contribution in [3.8, 4) is 5.75 Å². The van der Waals surface area contributed by atoms with Crippen LogP contribution in [-0.2, 0) is 0 Å². The van der Waals surface area contributed by atoms with Crippen LogP contribution in [0.1, 0.15) is 36.0 Å². The van der Waals surface area contributed by atoms with Gasteiger partial charge in [0.05, 0.1) is 7.11 Å². The smallest absolute Gasteiger partial charge is 0.122 e. The van der Waals surface area contributed by atoms with E-state index in [-0.39, 0.29) is 0 Å². The van der Waals surface area contributed by atoms with Crippen molar-refractivity contribution in [3.63, 3.8) is 0 Å². The van der Waals surface area contributed by atoms with E-state index >= 15 is 0 Å². The second-order valence-electron chi connectivity index (χ2n) is 4.34. The SMILES string of the molecule is CCC(CNC)c1cc(C)c(C)cc1OC. The molecule has 0 saturated heterocycles. The van der Waals surface area contributed by atoms with Crippen LogP contribution in [0, 0.1) is 13.8 Å². The lowest BCUT2D eigenvalue weighted by atomic mass is 9.92. The molecule has 0 amide bonds. The van der Waals surface area contributed by atoms with E-state index < -0.39 is 0 Å². The van der Waals surface area contributed by atoms with Gasteiger partial charge in [0.15, 0.2) is 0 Å². The summed E-state index contributed by atoms with van der Waals surface area (Å²) in [6.07, 6.45) is 1.12. The topological polar surface area (TPSA) is 21.3 Å². The Hall–Kier alpha value is -1.02. The van der Waals surface area contributed by atoms with Gasteiger partial charge in [0.2, 0.25) is 0 Å². The molecule has 90 valence electrons. The number of likely N-dealkylation sites (N-methyl/N-ethyl adjacent to an activating group) is 1. The Morgan fingerprint density at radius 2 is 1.88 bits per heavy atom. The molecule has 1 aromatic rings. The first-order valence-corrected chi connectivity index (χ1v) is 5.93. The molecular formula is C14H23NO. The maximum Gasteiger partial charge on any atom is 0.122 e. The van der Waals surface area contributed by atoms with E-state index in [4.69, 9.17) is 4.74 Å². The van der Waals surface area contributed by atoms with Crippen LogP contribution in [0.3, 0.4) is 0 Å². The van der Waals surface area contributed by atoms with Gasteiger partial charge in [0.1, 0.15) is 5.75 Å². The summed E-state index contributed by atoms with van der Waals surface area (Å²) in [7, 11) is 3.75. The summed E-state index contributed by atoms with van der Waals surface area (Å²) in [5.41, 5.74) is 3.95. The Labute approximate surface area is 99.0 Å². The van der Waals surface area contributed by atoms with E-state index in [1.807, 2.05) is 7.05 Å². The minimum atomic E-state index is 0.527. The van der Waals surface area contributed by atoms with Crippen molar-refractivity contribution < 1.29 is 4.74 Å². The highest BCUT2D eigenvalue weighted by Crippen LogP contribution is 2.31. The van der Waals surface area contributed by atoms with E-state index in [0.29, 0.717) is 5.92 Å². The van der Waals surface area contributed by atoms with E-state index in [1.54, 1.807) is 7.11 Å². The predicted molar refractivity (Wildman–Crippen MR) is 69.4 cm³/mol. The molecule has 0 aliphatic carbocycles. The second-order valence-corrected chi connectivity index (χ2v) is 4.34. The van der Waals surface area contributed by atoms with E-state index in [0.717, 1.165) is 18.7 Å². The Bertz CT molecular complexity index is 347. The van der Waals surface area contributed by atoms with E-state index in [2.05, 4.69) is 38.2 Å². The van der Waals surface area contributed by atoms with Gasteiger partial charge < -0.3 is 10.1 Å². The first-order chi connectivity index (χ1) is 7.63. The quantitative estimate of drug-likeness (QED) is 0.825. The Balaban J connectivity index is 3.13. The summed E-state index contributed by atoms with van der Waals surface area (Å²) in [5.74, 6) is 1.55. The highest BCUT2D eigenvalue weighted by atomic mass is 16.5. The molecule has 0 fully saturated rings. The van der Waals surface area contributed by atoms with Crippen molar-refractivity contribution in [3.05, 3.63) is 28.8 Å². The molecule has 1 unspecified atom stereocenters. The number of ether oxygens (including phenoxy) is 1. The predicted octanol–water partition coefficient (Wildman–Crippen LogP) is 3.03. The molecule has 0 aliphatic heterocycles. The van der Waals surface area contributed by atoms with Crippen LogP contribution in [-0.4, -0.2) is 20.7 Å². The van der Waals surface area contributed by atoms with Gasteiger partial charge in [-0.3, -0.25) is 0 Å². The number of rotatable bonds is 5. The summed E-state index contributed by atoms with van der Waals surface area (Å²) >= 11 is 0.